The van der Waals surface area contributed by atoms with Crippen molar-refractivity contribution < 1.29 is 13.2 Å². The van der Waals surface area contributed by atoms with Gasteiger partial charge in [0.15, 0.2) is 5.75 Å². The van der Waals surface area contributed by atoms with Crippen LogP contribution in [-0.2, 0) is 10.0 Å². The van der Waals surface area contributed by atoms with Crippen LogP contribution >= 0.6 is 22.6 Å². The fraction of sp³-hybridized carbons (Fsp3) is 0.444. The molecule has 1 N–H and O–H groups in total. The zero-order chi connectivity index (χ0) is 11.8. The van der Waals surface area contributed by atoms with Crippen molar-refractivity contribution in [2.24, 2.45) is 0 Å². The van der Waals surface area contributed by atoms with Gasteiger partial charge in [-0.1, -0.05) is 0 Å². The smallest absolute Gasteiger partial charge is 0.229 e. The van der Waals surface area contributed by atoms with Crippen LogP contribution in [-0.4, -0.2) is 25.8 Å². The molecule has 0 bridgehead atoms. The zero-order valence-electron chi connectivity index (χ0n) is 8.60. The molecule has 1 aromatic heterocycles. The molecule has 0 aromatic carbocycles. The Kier molecular flexibility index (Phi) is 3.24. The van der Waals surface area contributed by atoms with Gasteiger partial charge in [-0.25, -0.2) is 13.4 Å². The summed E-state index contributed by atoms with van der Waals surface area (Å²) >= 11 is 2.03. The van der Waals surface area contributed by atoms with Gasteiger partial charge in [0.25, 0.3) is 0 Å². The van der Waals surface area contributed by atoms with Crippen LogP contribution in [0.4, 0.5) is 5.69 Å². The molecule has 1 aliphatic carbocycles. The summed E-state index contributed by atoms with van der Waals surface area (Å²) < 4.78 is 31.1. The molecule has 0 unspecified atom stereocenters. The van der Waals surface area contributed by atoms with E-state index in [1.807, 2.05) is 22.6 Å². The summed E-state index contributed by atoms with van der Waals surface area (Å²) in [5, 5.41) is 0. The molecule has 2 rings (SSSR count). The second-order valence-corrected chi connectivity index (χ2v) is 6.44. The van der Waals surface area contributed by atoms with E-state index in [1.54, 1.807) is 12.3 Å². The first-order valence-electron chi connectivity index (χ1n) is 4.74. The molecule has 0 spiro atoms. The number of nitrogens with one attached hydrogen (secondary N) is 1. The number of anilines is 1. The third-order valence-corrected chi connectivity index (χ3v) is 3.32. The van der Waals surface area contributed by atoms with E-state index in [-0.39, 0.29) is 6.10 Å². The Morgan fingerprint density at radius 2 is 2.25 bits per heavy atom. The number of aromatic nitrogens is 1. The first kappa shape index (κ1) is 11.9. The first-order chi connectivity index (χ1) is 7.46. The molecule has 0 amide bonds. The Bertz CT molecular complexity index is 499. The molecular weight excluding hydrogens is 343 g/mol. The number of pyridine rings is 1. The molecule has 5 nitrogen and oxygen atoms in total. The van der Waals surface area contributed by atoms with Crippen molar-refractivity contribution in [3.63, 3.8) is 0 Å². The largest absolute Gasteiger partial charge is 0.485 e. The van der Waals surface area contributed by atoms with E-state index in [2.05, 4.69) is 9.71 Å². The first-order valence-corrected chi connectivity index (χ1v) is 7.71. The van der Waals surface area contributed by atoms with Gasteiger partial charge in [-0.3, -0.25) is 4.72 Å². The number of hydrogen-bond donors (Lipinski definition) is 1. The molecule has 0 radical (unpaired) electrons. The molecule has 1 fully saturated rings. The molecule has 16 heavy (non-hydrogen) atoms. The van der Waals surface area contributed by atoms with Crippen LogP contribution in [0.1, 0.15) is 12.8 Å². The Morgan fingerprint density at radius 3 is 2.81 bits per heavy atom. The van der Waals surface area contributed by atoms with Crippen molar-refractivity contribution in [1.82, 2.24) is 4.98 Å². The summed E-state index contributed by atoms with van der Waals surface area (Å²) in [5.41, 5.74) is 0.453. The normalized spacial score (nSPS) is 15.9. The number of rotatable bonds is 4. The van der Waals surface area contributed by atoms with E-state index in [1.165, 1.54) is 0 Å². The SMILES string of the molecule is CS(=O)(=O)Nc1ccnc(I)c1OC1CC1. The third-order valence-electron chi connectivity index (χ3n) is 1.97. The highest BCUT2D eigenvalue weighted by molar-refractivity contribution is 14.1. The summed E-state index contributed by atoms with van der Waals surface area (Å²) in [7, 11) is -3.29. The van der Waals surface area contributed by atoms with Crippen LogP contribution in [0, 0.1) is 3.70 Å². The van der Waals surface area contributed by atoms with Gasteiger partial charge in [0, 0.05) is 6.20 Å². The molecule has 1 aliphatic rings. The Hall–Kier alpha value is -0.570. The number of halogens is 1. The van der Waals surface area contributed by atoms with Crippen LogP contribution in [0.3, 0.4) is 0 Å². The number of hydrogen-bond acceptors (Lipinski definition) is 4. The van der Waals surface area contributed by atoms with E-state index in [9.17, 15) is 8.42 Å². The van der Waals surface area contributed by atoms with E-state index < -0.39 is 10.0 Å². The lowest BCUT2D eigenvalue weighted by atomic mass is 10.4. The minimum atomic E-state index is -3.29. The van der Waals surface area contributed by atoms with E-state index in [0.29, 0.717) is 15.1 Å². The summed E-state index contributed by atoms with van der Waals surface area (Å²) in [6.07, 6.45) is 4.90. The van der Waals surface area contributed by atoms with E-state index in [4.69, 9.17) is 4.74 Å². The van der Waals surface area contributed by atoms with Gasteiger partial charge in [-0.15, -0.1) is 0 Å². The average Bonchev–Trinajstić information content (AvgIpc) is 2.92. The van der Waals surface area contributed by atoms with Crippen LogP contribution < -0.4 is 9.46 Å². The Balaban J connectivity index is 2.31. The van der Waals surface area contributed by atoms with Gasteiger partial charge in [0.1, 0.15) is 3.70 Å². The average molecular weight is 354 g/mol. The zero-order valence-corrected chi connectivity index (χ0v) is 11.6. The standard InChI is InChI=1S/C9H11IN2O3S/c1-16(13,14)12-7-4-5-11-9(10)8(7)15-6-2-3-6/h4-6H,2-3H2,1H3,(H,11,12). The lowest BCUT2D eigenvalue weighted by molar-refractivity contribution is 0.301. The topological polar surface area (TPSA) is 68.3 Å². The van der Waals surface area contributed by atoms with Gasteiger partial charge < -0.3 is 4.74 Å². The van der Waals surface area contributed by atoms with E-state index >= 15 is 0 Å². The van der Waals surface area contributed by atoms with Gasteiger partial charge in [0.2, 0.25) is 10.0 Å². The van der Waals surface area contributed by atoms with Crippen molar-refractivity contribution >= 4 is 38.3 Å². The van der Waals surface area contributed by atoms with Gasteiger partial charge >= 0.3 is 0 Å². The summed E-state index contributed by atoms with van der Waals surface area (Å²) in [5.74, 6) is 0.524. The third kappa shape index (κ3) is 3.21. The minimum absolute atomic E-state index is 0.206. The maximum absolute atomic E-state index is 11.2. The summed E-state index contributed by atoms with van der Waals surface area (Å²) in [4.78, 5) is 4.08. The molecule has 0 saturated heterocycles. The molecular formula is C9H11IN2O3S. The number of ether oxygens (including phenoxy) is 1. The van der Waals surface area contributed by atoms with Crippen molar-refractivity contribution in [1.29, 1.82) is 0 Å². The highest BCUT2D eigenvalue weighted by atomic mass is 127. The van der Waals surface area contributed by atoms with Crippen LogP contribution in [0.2, 0.25) is 0 Å². The van der Waals surface area contributed by atoms with E-state index in [0.717, 1.165) is 19.1 Å². The van der Waals surface area contributed by atoms with Crippen molar-refractivity contribution in [2.45, 2.75) is 18.9 Å². The van der Waals surface area contributed by atoms with Crippen LogP contribution in [0.5, 0.6) is 5.75 Å². The van der Waals surface area contributed by atoms with Crippen molar-refractivity contribution in [2.75, 3.05) is 11.0 Å². The number of nitrogens with zero attached hydrogens (tertiary/aromatic N) is 1. The highest BCUT2D eigenvalue weighted by Crippen LogP contribution is 2.34. The highest BCUT2D eigenvalue weighted by Gasteiger charge is 2.26. The quantitative estimate of drug-likeness (QED) is 0.659. The van der Waals surface area contributed by atoms with Gasteiger partial charge in [-0.05, 0) is 41.5 Å². The Labute approximate surface area is 108 Å². The predicted octanol–water partition coefficient (Wildman–Crippen LogP) is 1.60. The molecule has 1 saturated carbocycles. The molecule has 1 heterocycles. The molecule has 88 valence electrons. The molecule has 1 aromatic rings. The molecule has 7 heteroatoms. The lowest BCUT2D eigenvalue weighted by Crippen LogP contribution is -2.12. The molecule has 0 aliphatic heterocycles. The van der Waals surface area contributed by atoms with Crippen LogP contribution in [0.15, 0.2) is 12.3 Å². The maximum atomic E-state index is 11.2. The predicted molar refractivity (Wildman–Crippen MR) is 69.1 cm³/mol. The van der Waals surface area contributed by atoms with Crippen molar-refractivity contribution in [3.8, 4) is 5.75 Å². The lowest BCUT2D eigenvalue weighted by Gasteiger charge is -2.12. The Morgan fingerprint density at radius 1 is 1.56 bits per heavy atom. The number of sulfonamides is 1. The second kappa shape index (κ2) is 4.36. The van der Waals surface area contributed by atoms with Gasteiger partial charge in [-0.2, -0.15) is 0 Å². The second-order valence-electron chi connectivity index (χ2n) is 3.67. The van der Waals surface area contributed by atoms with Gasteiger partial charge in [0.05, 0.1) is 18.0 Å². The van der Waals surface area contributed by atoms with Crippen molar-refractivity contribution in [3.05, 3.63) is 16.0 Å². The fourth-order valence-corrected chi connectivity index (χ4v) is 2.31. The maximum Gasteiger partial charge on any atom is 0.229 e. The fourth-order valence-electron chi connectivity index (χ4n) is 1.17. The molecule has 0 atom stereocenters. The summed E-state index contributed by atoms with van der Waals surface area (Å²) in [6.45, 7) is 0. The monoisotopic (exact) mass is 354 g/mol. The minimum Gasteiger partial charge on any atom is -0.485 e. The summed E-state index contributed by atoms with van der Waals surface area (Å²) in [6, 6.07) is 1.60. The van der Waals surface area contributed by atoms with Crippen LogP contribution in [0.25, 0.3) is 0 Å².